The van der Waals surface area contributed by atoms with E-state index in [0.717, 1.165) is 25.9 Å². The number of nitrogens with two attached hydrogens (primary N) is 1. The molecule has 27 heavy (non-hydrogen) atoms. The molecular formula is C19H25N7O. The molecule has 142 valence electrons. The first kappa shape index (κ1) is 18.8. The van der Waals surface area contributed by atoms with Crippen LogP contribution in [0.5, 0.6) is 0 Å². The van der Waals surface area contributed by atoms with E-state index >= 15 is 0 Å². The third kappa shape index (κ3) is 4.79. The molecule has 2 aliphatic rings. The summed E-state index contributed by atoms with van der Waals surface area (Å²) in [5, 5.41) is 9.36. The van der Waals surface area contributed by atoms with Gasteiger partial charge in [0.25, 0.3) is 5.91 Å². The number of nitrogens with one attached hydrogen (secondary N) is 3. The number of aromatic nitrogens is 1. The topological polar surface area (TPSA) is 117 Å². The second-order valence-corrected chi connectivity index (χ2v) is 6.45. The zero-order chi connectivity index (χ0) is 19.1. The van der Waals surface area contributed by atoms with Crippen molar-refractivity contribution in [2.45, 2.75) is 12.8 Å². The summed E-state index contributed by atoms with van der Waals surface area (Å²) >= 11 is 0. The van der Waals surface area contributed by atoms with Gasteiger partial charge in [-0.25, -0.2) is 4.99 Å². The molecule has 0 spiro atoms. The van der Waals surface area contributed by atoms with Crippen LogP contribution < -0.4 is 21.7 Å². The molecule has 0 saturated carbocycles. The summed E-state index contributed by atoms with van der Waals surface area (Å²) in [5.74, 6) is 1.21. The van der Waals surface area contributed by atoms with Gasteiger partial charge in [0.15, 0.2) is 0 Å². The van der Waals surface area contributed by atoms with Crippen LogP contribution in [0.1, 0.15) is 18.5 Å². The van der Waals surface area contributed by atoms with Crippen LogP contribution in [0.4, 0.5) is 0 Å². The lowest BCUT2D eigenvalue weighted by Gasteiger charge is -2.23. The number of amides is 1. The predicted octanol–water partition coefficient (Wildman–Crippen LogP) is 0.411. The highest BCUT2D eigenvalue weighted by Crippen LogP contribution is 2.18. The van der Waals surface area contributed by atoms with Crippen molar-refractivity contribution in [1.29, 1.82) is 0 Å². The van der Waals surface area contributed by atoms with Gasteiger partial charge in [-0.1, -0.05) is 6.07 Å². The summed E-state index contributed by atoms with van der Waals surface area (Å²) in [4.78, 5) is 25.1. The number of pyridine rings is 1. The van der Waals surface area contributed by atoms with Gasteiger partial charge in [-0.05, 0) is 44.0 Å². The molecule has 0 bridgehead atoms. The van der Waals surface area contributed by atoms with Crippen LogP contribution in [-0.2, 0) is 4.79 Å². The highest BCUT2D eigenvalue weighted by Gasteiger charge is 2.19. The first-order valence-corrected chi connectivity index (χ1v) is 9.07. The lowest BCUT2D eigenvalue weighted by molar-refractivity contribution is -0.117. The van der Waals surface area contributed by atoms with Gasteiger partial charge in [0.2, 0.25) is 0 Å². The third-order valence-electron chi connectivity index (χ3n) is 4.62. The van der Waals surface area contributed by atoms with Crippen LogP contribution in [-0.4, -0.2) is 49.6 Å². The lowest BCUT2D eigenvalue weighted by atomic mass is 9.98. The Balaban J connectivity index is 1.69. The standard InChI is InChI=1S/C19H25N7O/c1-21-17(20)16(15-4-2-3-7-23-15)18-24-11-14(12-25-18)19(27)26-10-13-5-8-22-9-6-13/h2-4,7,11-13,22,24H,5-6,8-10H2,1H3,(H2,20,21)(H,26,27)/b18-16+. The maximum Gasteiger partial charge on any atom is 0.254 e. The van der Waals surface area contributed by atoms with Crippen molar-refractivity contribution < 1.29 is 4.79 Å². The minimum atomic E-state index is -0.139. The Bertz CT molecular complexity index is 790. The van der Waals surface area contributed by atoms with E-state index in [2.05, 4.69) is 30.9 Å². The zero-order valence-electron chi connectivity index (χ0n) is 15.4. The number of aliphatic imine (C=N–C) groups is 2. The summed E-state index contributed by atoms with van der Waals surface area (Å²) in [6.45, 7) is 2.71. The molecule has 1 saturated heterocycles. The van der Waals surface area contributed by atoms with E-state index in [-0.39, 0.29) is 5.91 Å². The van der Waals surface area contributed by atoms with Gasteiger partial charge in [0.05, 0.1) is 16.8 Å². The fourth-order valence-electron chi connectivity index (χ4n) is 3.04. The lowest BCUT2D eigenvalue weighted by Crippen LogP contribution is -2.37. The molecule has 8 nitrogen and oxygen atoms in total. The number of nitrogens with zero attached hydrogens (tertiary/aromatic N) is 3. The van der Waals surface area contributed by atoms with E-state index in [0.29, 0.717) is 41.0 Å². The van der Waals surface area contributed by atoms with Crippen molar-refractivity contribution in [3.63, 3.8) is 0 Å². The van der Waals surface area contributed by atoms with E-state index in [1.165, 1.54) is 6.21 Å². The minimum absolute atomic E-state index is 0.139. The average Bonchev–Trinajstić information content (AvgIpc) is 2.74. The molecule has 0 aliphatic carbocycles. The quantitative estimate of drug-likeness (QED) is 0.444. The van der Waals surface area contributed by atoms with Crippen LogP contribution >= 0.6 is 0 Å². The summed E-state index contributed by atoms with van der Waals surface area (Å²) in [7, 11) is 1.61. The van der Waals surface area contributed by atoms with Crippen molar-refractivity contribution in [3.05, 3.63) is 47.7 Å². The Hall–Kier alpha value is -3.00. The molecule has 8 heteroatoms. The van der Waals surface area contributed by atoms with Crippen LogP contribution in [0.15, 0.2) is 52.0 Å². The Morgan fingerprint density at radius 3 is 2.81 bits per heavy atom. The Morgan fingerprint density at radius 1 is 1.37 bits per heavy atom. The molecule has 3 heterocycles. The second kappa shape index (κ2) is 9.09. The van der Waals surface area contributed by atoms with Crippen molar-refractivity contribution in [2.75, 3.05) is 26.7 Å². The van der Waals surface area contributed by atoms with Crippen LogP contribution in [0, 0.1) is 5.92 Å². The average molecular weight is 367 g/mol. The molecule has 1 aromatic heterocycles. The van der Waals surface area contributed by atoms with E-state index in [1.807, 2.05) is 18.2 Å². The molecule has 2 aliphatic heterocycles. The van der Waals surface area contributed by atoms with Gasteiger partial charge in [-0.2, -0.15) is 0 Å². The SMILES string of the molecule is C/N=C(N)\C(=C1\N=CC(C(=O)NCC2CCNCC2)=CN1)c1ccccn1. The van der Waals surface area contributed by atoms with Crippen LogP contribution in [0.3, 0.4) is 0 Å². The molecule has 0 aromatic carbocycles. The number of amidine groups is 1. The van der Waals surface area contributed by atoms with Crippen molar-refractivity contribution in [2.24, 2.45) is 21.6 Å². The van der Waals surface area contributed by atoms with Crippen molar-refractivity contribution in [3.8, 4) is 0 Å². The Kier molecular flexibility index (Phi) is 6.32. The smallest absolute Gasteiger partial charge is 0.254 e. The van der Waals surface area contributed by atoms with Crippen LogP contribution in [0.2, 0.25) is 0 Å². The first-order chi connectivity index (χ1) is 13.2. The van der Waals surface area contributed by atoms with Gasteiger partial charge in [-0.3, -0.25) is 14.8 Å². The first-order valence-electron chi connectivity index (χ1n) is 9.07. The highest BCUT2D eigenvalue weighted by atomic mass is 16.1. The molecule has 0 atom stereocenters. The normalized spacial score (nSPS) is 19.9. The maximum absolute atomic E-state index is 12.4. The van der Waals surface area contributed by atoms with Gasteiger partial charge in [-0.15, -0.1) is 0 Å². The number of carbonyl (C=O) groups is 1. The molecule has 5 N–H and O–H groups in total. The van der Waals surface area contributed by atoms with E-state index in [4.69, 9.17) is 5.73 Å². The fraction of sp³-hybridized carbons (Fsp3) is 0.368. The molecule has 0 radical (unpaired) electrons. The fourth-order valence-corrected chi connectivity index (χ4v) is 3.04. The number of piperidine rings is 1. The van der Waals surface area contributed by atoms with E-state index < -0.39 is 0 Å². The molecule has 1 aromatic rings. The summed E-state index contributed by atoms with van der Waals surface area (Å²) in [6, 6.07) is 5.53. The predicted molar refractivity (Wildman–Crippen MR) is 107 cm³/mol. The highest BCUT2D eigenvalue weighted by molar-refractivity contribution is 6.22. The van der Waals surface area contributed by atoms with Crippen molar-refractivity contribution >= 4 is 23.5 Å². The number of hydrogen-bond donors (Lipinski definition) is 4. The van der Waals surface area contributed by atoms with Gasteiger partial charge < -0.3 is 21.7 Å². The number of rotatable bonds is 5. The molecule has 3 rings (SSSR count). The summed E-state index contributed by atoms with van der Waals surface area (Å²) in [6.07, 6.45) is 7.02. The van der Waals surface area contributed by atoms with Crippen molar-refractivity contribution in [1.82, 2.24) is 20.9 Å². The zero-order valence-corrected chi connectivity index (χ0v) is 15.4. The van der Waals surface area contributed by atoms with E-state index in [9.17, 15) is 4.79 Å². The largest absolute Gasteiger partial charge is 0.383 e. The molecule has 1 amide bonds. The molecular weight excluding hydrogens is 342 g/mol. The summed E-state index contributed by atoms with van der Waals surface area (Å²) < 4.78 is 0. The number of hydrogen-bond acceptors (Lipinski definition) is 6. The minimum Gasteiger partial charge on any atom is -0.383 e. The van der Waals surface area contributed by atoms with E-state index in [1.54, 1.807) is 19.4 Å². The third-order valence-corrected chi connectivity index (χ3v) is 4.62. The Morgan fingerprint density at radius 2 is 2.19 bits per heavy atom. The maximum atomic E-state index is 12.4. The van der Waals surface area contributed by atoms with Gasteiger partial charge in [0, 0.05) is 32.2 Å². The van der Waals surface area contributed by atoms with Crippen LogP contribution in [0.25, 0.3) is 5.57 Å². The monoisotopic (exact) mass is 367 g/mol. The van der Waals surface area contributed by atoms with Gasteiger partial charge in [0.1, 0.15) is 11.7 Å². The number of carbonyl (C=O) groups excluding carboxylic acids is 1. The van der Waals surface area contributed by atoms with Gasteiger partial charge >= 0.3 is 0 Å². The molecule has 0 unspecified atom stereocenters. The second-order valence-electron chi connectivity index (χ2n) is 6.45. The Labute approximate surface area is 158 Å². The molecule has 1 fully saturated rings. The summed E-state index contributed by atoms with van der Waals surface area (Å²) in [5.41, 5.74) is 7.77.